The Morgan fingerprint density at radius 3 is 2.91 bits per heavy atom. The fourth-order valence-electron chi connectivity index (χ4n) is 4.11. The number of fused-ring (bicyclic) bond motifs is 2. The number of carboxylic acid groups (broad SMARTS) is 1. The summed E-state index contributed by atoms with van der Waals surface area (Å²) < 4.78 is 0. The monoisotopic (exact) mass is 334 g/mol. The van der Waals surface area contributed by atoms with Crippen molar-refractivity contribution in [3.05, 3.63) is 23.9 Å². The zero-order valence-electron chi connectivity index (χ0n) is 13.2. The predicted octanol–water partition coefficient (Wildman–Crippen LogP) is 2.81. The molecule has 0 radical (unpaired) electrons. The third-order valence-corrected chi connectivity index (χ3v) is 6.17. The third-order valence-electron chi connectivity index (χ3n) is 5.17. The van der Waals surface area contributed by atoms with Crippen molar-refractivity contribution in [3.8, 4) is 0 Å². The lowest BCUT2D eigenvalue weighted by molar-refractivity contribution is -0.119. The Hall–Kier alpha value is -1.56. The topological polar surface area (TPSA) is 79.3 Å². The van der Waals surface area contributed by atoms with Crippen molar-refractivity contribution in [2.75, 3.05) is 5.75 Å². The van der Waals surface area contributed by atoms with Gasteiger partial charge < -0.3 is 10.4 Å². The smallest absolute Gasteiger partial charge is 0.338 e. The second kappa shape index (κ2) is 6.91. The molecule has 4 atom stereocenters. The molecule has 2 N–H and O–H groups in total. The summed E-state index contributed by atoms with van der Waals surface area (Å²) in [5.74, 6) is 1.38. The van der Waals surface area contributed by atoms with E-state index in [9.17, 15) is 9.59 Å². The highest BCUT2D eigenvalue weighted by molar-refractivity contribution is 8.00. The summed E-state index contributed by atoms with van der Waals surface area (Å²) in [6.07, 6.45) is 6.78. The van der Waals surface area contributed by atoms with E-state index in [1.807, 2.05) is 0 Å². The zero-order chi connectivity index (χ0) is 16.4. The van der Waals surface area contributed by atoms with E-state index in [1.165, 1.54) is 43.5 Å². The Balaban J connectivity index is 1.51. The van der Waals surface area contributed by atoms with E-state index in [0.717, 1.165) is 11.8 Å². The summed E-state index contributed by atoms with van der Waals surface area (Å²) in [7, 11) is 0. The maximum Gasteiger partial charge on any atom is 0.338 e. The summed E-state index contributed by atoms with van der Waals surface area (Å²) in [4.78, 5) is 27.4. The summed E-state index contributed by atoms with van der Waals surface area (Å²) in [5.41, 5.74) is 0.145. The van der Waals surface area contributed by atoms with Crippen LogP contribution >= 0.6 is 11.8 Å². The number of carbonyl (C=O) groups is 2. The summed E-state index contributed by atoms with van der Waals surface area (Å²) >= 11 is 1.18. The van der Waals surface area contributed by atoms with Crippen molar-refractivity contribution < 1.29 is 14.7 Å². The van der Waals surface area contributed by atoms with Gasteiger partial charge in [0.25, 0.3) is 0 Å². The number of pyridine rings is 1. The molecule has 2 bridgehead atoms. The molecule has 1 heterocycles. The summed E-state index contributed by atoms with van der Waals surface area (Å²) in [6.45, 7) is 2.09. The van der Waals surface area contributed by atoms with Crippen molar-refractivity contribution in [2.24, 2.45) is 17.8 Å². The molecule has 6 heteroatoms. The van der Waals surface area contributed by atoms with E-state index in [4.69, 9.17) is 5.11 Å². The molecular weight excluding hydrogens is 312 g/mol. The zero-order valence-corrected chi connectivity index (χ0v) is 14.0. The lowest BCUT2D eigenvalue weighted by atomic mass is 9.84. The molecule has 1 aromatic heterocycles. The van der Waals surface area contributed by atoms with Gasteiger partial charge in [-0.15, -0.1) is 0 Å². The first-order valence-electron chi connectivity index (χ1n) is 8.15. The van der Waals surface area contributed by atoms with Crippen LogP contribution in [0.1, 0.15) is 43.0 Å². The minimum absolute atomic E-state index is 0.0488. The van der Waals surface area contributed by atoms with Crippen LogP contribution in [-0.2, 0) is 4.79 Å². The first-order valence-corrected chi connectivity index (χ1v) is 9.13. The second-order valence-corrected chi connectivity index (χ2v) is 7.61. The molecule has 23 heavy (non-hydrogen) atoms. The van der Waals surface area contributed by atoms with Gasteiger partial charge in [0.05, 0.1) is 11.3 Å². The number of hydrogen-bond acceptors (Lipinski definition) is 4. The Morgan fingerprint density at radius 1 is 1.43 bits per heavy atom. The van der Waals surface area contributed by atoms with E-state index in [0.29, 0.717) is 10.9 Å². The van der Waals surface area contributed by atoms with Crippen molar-refractivity contribution in [1.29, 1.82) is 0 Å². The van der Waals surface area contributed by atoms with E-state index >= 15 is 0 Å². The van der Waals surface area contributed by atoms with Crippen LogP contribution in [0.2, 0.25) is 0 Å². The average molecular weight is 334 g/mol. The maximum atomic E-state index is 12.2. The lowest BCUT2D eigenvalue weighted by Gasteiger charge is -2.28. The van der Waals surface area contributed by atoms with Crippen LogP contribution in [0.4, 0.5) is 0 Å². The van der Waals surface area contributed by atoms with Crippen LogP contribution in [0, 0.1) is 17.8 Å². The standard InChI is InChI=1S/C17H22N2O3S/c1-10(14-8-11-4-5-12(14)7-11)19-15(20)9-23-16-13(17(21)22)3-2-6-18-16/h2-3,6,10-12,14H,4-5,7-9H2,1H3,(H,19,20)(H,21,22)/t10-,11-,12-,14-/m0/s1. The Morgan fingerprint density at radius 2 is 2.26 bits per heavy atom. The fraction of sp³-hybridized carbons (Fsp3) is 0.588. The number of hydrogen-bond donors (Lipinski definition) is 2. The number of nitrogens with zero attached hydrogens (tertiary/aromatic N) is 1. The number of thioether (sulfide) groups is 1. The van der Waals surface area contributed by atoms with Crippen LogP contribution < -0.4 is 5.32 Å². The Labute approximate surface area is 140 Å². The molecular formula is C17H22N2O3S. The van der Waals surface area contributed by atoms with Gasteiger partial charge in [0.1, 0.15) is 5.03 Å². The van der Waals surface area contributed by atoms with Crippen LogP contribution in [0.3, 0.4) is 0 Å². The van der Waals surface area contributed by atoms with Gasteiger partial charge >= 0.3 is 5.97 Å². The predicted molar refractivity (Wildman–Crippen MR) is 88.5 cm³/mol. The molecule has 0 aromatic carbocycles. The van der Waals surface area contributed by atoms with Crippen LogP contribution in [0.15, 0.2) is 23.4 Å². The van der Waals surface area contributed by atoms with Gasteiger partial charge in [0.15, 0.2) is 0 Å². The highest BCUT2D eigenvalue weighted by Crippen LogP contribution is 2.49. The molecule has 1 aromatic rings. The Bertz CT molecular complexity index is 607. The Kier molecular flexibility index (Phi) is 4.90. The molecule has 1 amide bonds. The quantitative estimate of drug-likeness (QED) is 0.782. The molecule has 2 fully saturated rings. The molecule has 124 valence electrons. The average Bonchev–Trinajstić information content (AvgIpc) is 3.16. The number of nitrogens with one attached hydrogen (secondary N) is 1. The normalized spacial score (nSPS) is 26.9. The van der Waals surface area contributed by atoms with Crippen LogP contribution in [-0.4, -0.2) is 33.8 Å². The first-order chi connectivity index (χ1) is 11.0. The number of carbonyl (C=O) groups excluding carboxylic acids is 1. The van der Waals surface area contributed by atoms with Crippen LogP contribution in [0.25, 0.3) is 0 Å². The van der Waals surface area contributed by atoms with Crippen molar-refractivity contribution in [1.82, 2.24) is 10.3 Å². The summed E-state index contributed by atoms with van der Waals surface area (Å²) in [5, 5.41) is 12.6. The number of carboxylic acids is 1. The number of amides is 1. The largest absolute Gasteiger partial charge is 0.478 e. The fourth-order valence-corrected chi connectivity index (χ4v) is 4.91. The molecule has 2 aliphatic rings. The first kappa shape index (κ1) is 16.3. The van der Waals surface area contributed by atoms with E-state index in [-0.39, 0.29) is 23.3 Å². The number of rotatable bonds is 6. The molecule has 2 aliphatic carbocycles. The minimum atomic E-state index is -1.02. The van der Waals surface area contributed by atoms with Gasteiger partial charge in [0, 0.05) is 12.2 Å². The lowest BCUT2D eigenvalue weighted by Crippen LogP contribution is -2.40. The van der Waals surface area contributed by atoms with Crippen LogP contribution in [0.5, 0.6) is 0 Å². The maximum absolute atomic E-state index is 12.2. The number of aromatic nitrogens is 1. The van der Waals surface area contributed by atoms with Gasteiger partial charge in [-0.25, -0.2) is 9.78 Å². The van der Waals surface area contributed by atoms with Gasteiger partial charge in [-0.05, 0) is 56.1 Å². The SMILES string of the molecule is C[C@H](NC(=O)CSc1ncccc1C(=O)O)[C@@H]1C[C@H]2CC[C@H]1C2. The number of aromatic carboxylic acids is 1. The van der Waals surface area contributed by atoms with Crippen molar-refractivity contribution in [3.63, 3.8) is 0 Å². The van der Waals surface area contributed by atoms with E-state index < -0.39 is 5.97 Å². The van der Waals surface area contributed by atoms with Gasteiger partial charge in [-0.3, -0.25) is 4.79 Å². The molecule has 0 aliphatic heterocycles. The summed E-state index contributed by atoms with van der Waals surface area (Å²) in [6, 6.07) is 3.29. The van der Waals surface area contributed by atoms with Crippen molar-refractivity contribution in [2.45, 2.75) is 43.7 Å². The van der Waals surface area contributed by atoms with Gasteiger partial charge in [-0.1, -0.05) is 18.2 Å². The molecule has 5 nitrogen and oxygen atoms in total. The van der Waals surface area contributed by atoms with Gasteiger partial charge in [-0.2, -0.15) is 0 Å². The highest BCUT2D eigenvalue weighted by atomic mass is 32.2. The van der Waals surface area contributed by atoms with E-state index in [1.54, 1.807) is 12.3 Å². The van der Waals surface area contributed by atoms with E-state index in [2.05, 4.69) is 17.2 Å². The third kappa shape index (κ3) is 3.68. The molecule has 0 spiro atoms. The molecule has 0 unspecified atom stereocenters. The highest BCUT2D eigenvalue weighted by Gasteiger charge is 2.42. The second-order valence-electron chi connectivity index (χ2n) is 6.64. The van der Waals surface area contributed by atoms with Crippen molar-refractivity contribution >= 4 is 23.6 Å². The molecule has 3 rings (SSSR count). The minimum Gasteiger partial charge on any atom is -0.478 e. The molecule has 0 saturated heterocycles. The van der Waals surface area contributed by atoms with Gasteiger partial charge in [0.2, 0.25) is 5.91 Å². The molecule has 2 saturated carbocycles.